The molecule has 0 aliphatic rings. The van der Waals surface area contributed by atoms with Crippen LogP contribution in [0, 0.1) is 13.8 Å². The van der Waals surface area contributed by atoms with Crippen LogP contribution in [-0.4, -0.2) is 87.6 Å². The molecule has 2 aromatic heterocycles. The Balaban J connectivity index is 0.000000357. The molecule has 0 aliphatic carbocycles. The van der Waals surface area contributed by atoms with Gasteiger partial charge in [0.2, 0.25) is 24.7 Å². The maximum Gasteiger partial charge on any atom is 0.264 e. The number of carbonyl (C=O) groups excluding carboxylic acids is 2. The van der Waals surface area contributed by atoms with E-state index in [1.165, 1.54) is 70.7 Å². The molecular formula is C28H38N10O6S2. The molecule has 0 saturated heterocycles. The number of benzene rings is 2. The van der Waals surface area contributed by atoms with Crippen LogP contribution in [0.3, 0.4) is 0 Å². The minimum absolute atomic E-state index is 0.0480. The summed E-state index contributed by atoms with van der Waals surface area (Å²) < 4.78 is 52.6. The van der Waals surface area contributed by atoms with Crippen molar-refractivity contribution in [2.75, 3.05) is 49.1 Å². The van der Waals surface area contributed by atoms with Crippen LogP contribution in [-0.2, 0) is 29.6 Å². The summed E-state index contributed by atoms with van der Waals surface area (Å²) in [4.78, 5) is 37.6. The van der Waals surface area contributed by atoms with E-state index in [-0.39, 0.29) is 21.7 Å². The van der Waals surface area contributed by atoms with Gasteiger partial charge in [-0.25, -0.2) is 46.2 Å². The molecule has 0 aliphatic heterocycles. The van der Waals surface area contributed by atoms with Crippen molar-refractivity contribution in [1.29, 1.82) is 0 Å². The molecule has 2 heterocycles. The minimum atomic E-state index is -3.68. The van der Waals surface area contributed by atoms with E-state index in [0.717, 1.165) is 12.8 Å². The molecule has 4 rings (SSSR count). The molecule has 2 amide bonds. The van der Waals surface area contributed by atoms with Gasteiger partial charge in [0, 0.05) is 63.3 Å². The van der Waals surface area contributed by atoms with Crippen molar-refractivity contribution >= 4 is 56.1 Å². The zero-order chi connectivity index (χ0) is 34.9. The normalized spacial score (nSPS) is 10.2. The predicted molar refractivity (Wildman–Crippen MR) is 176 cm³/mol. The molecule has 16 nitrogen and oxygen atoms in total. The van der Waals surface area contributed by atoms with Crippen LogP contribution >= 0.6 is 0 Å². The number of rotatable bonds is 8. The van der Waals surface area contributed by atoms with E-state index in [0.29, 0.717) is 22.8 Å². The van der Waals surface area contributed by atoms with Gasteiger partial charge in [-0.15, -0.1) is 0 Å². The molecule has 248 valence electrons. The van der Waals surface area contributed by atoms with Gasteiger partial charge in [0.1, 0.15) is 0 Å². The van der Waals surface area contributed by atoms with Gasteiger partial charge >= 0.3 is 0 Å². The fraction of sp³-hybridized carbons (Fsp3) is 0.214. The maximum absolute atomic E-state index is 12.0. The van der Waals surface area contributed by atoms with Crippen molar-refractivity contribution in [2.24, 2.45) is 0 Å². The second-order valence-corrected chi connectivity index (χ2v) is 12.9. The highest BCUT2D eigenvalue weighted by molar-refractivity contribution is 7.93. The van der Waals surface area contributed by atoms with Crippen LogP contribution in [0.2, 0.25) is 0 Å². The second kappa shape index (κ2) is 18.4. The standard InChI is InChI=1S/2C11H12N4O2S.2C3H7NO/c2*1-8-6-7-13-11(14-8)15-18(16,17)10-4-2-9(12)3-5-10;2*1-4(2)3-5/h2*2-7H,12H2,1H3,(H,13,14,15);2*3H,1-2H3. The lowest BCUT2D eigenvalue weighted by molar-refractivity contribution is -0.116. The summed E-state index contributed by atoms with van der Waals surface area (Å²) in [5, 5.41) is 0. The molecule has 0 fully saturated rings. The molecule has 0 unspecified atom stereocenters. The van der Waals surface area contributed by atoms with E-state index in [1.807, 2.05) is 0 Å². The predicted octanol–water partition coefficient (Wildman–Crippen LogP) is 1.74. The highest BCUT2D eigenvalue weighted by Crippen LogP contribution is 2.16. The molecule has 0 saturated carbocycles. The van der Waals surface area contributed by atoms with E-state index < -0.39 is 20.0 Å². The monoisotopic (exact) mass is 674 g/mol. The molecular weight excluding hydrogens is 637 g/mol. The molecule has 0 radical (unpaired) electrons. The van der Waals surface area contributed by atoms with Crippen LogP contribution in [0.5, 0.6) is 0 Å². The summed E-state index contributed by atoms with van der Waals surface area (Å²) in [6.45, 7) is 3.51. The fourth-order valence-electron chi connectivity index (χ4n) is 2.65. The van der Waals surface area contributed by atoms with Crippen molar-refractivity contribution in [3.8, 4) is 0 Å². The third-order valence-electron chi connectivity index (χ3n) is 4.84. The Labute approximate surface area is 269 Å². The number of hydrogen-bond donors (Lipinski definition) is 4. The van der Waals surface area contributed by atoms with Gasteiger partial charge in [-0.05, 0) is 74.5 Å². The number of nitrogens with zero attached hydrogens (tertiary/aromatic N) is 6. The number of anilines is 4. The van der Waals surface area contributed by atoms with Crippen LogP contribution in [0.25, 0.3) is 0 Å². The lowest BCUT2D eigenvalue weighted by Crippen LogP contribution is -2.15. The first-order valence-electron chi connectivity index (χ1n) is 13.1. The second-order valence-electron chi connectivity index (χ2n) is 9.53. The molecule has 0 bridgehead atoms. The quantitative estimate of drug-likeness (QED) is 0.154. The molecule has 4 aromatic rings. The average Bonchev–Trinajstić information content (AvgIpc) is 2.98. The summed E-state index contributed by atoms with van der Waals surface area (Å²) >= 11 is 0. The van der Waals surface area contributed by atoms with Gasteiger partial charge in [0.25, 0.3) is 20.0 Å². The summed E-state index contributed by atoms with van der Waals surface area (Å²) in [5.41, 5.74) is 13.4. The van der Waals surface area contributed by atoms with Crippen LogP contribution in [0.4, 0.5) is 23.3 Å². The lowest BCUT2D eigenvalue weighted by atomic mass is 10.3. The number of hydrogen-bond acceptors (Lipinski definition) is 12. The van der Waals surface area contributed by atoms with Gasteiger partial charge < -0.3 is 21.3 Å². The van der Waals surface area contributed by atoms with Crippen molar-refractivity contribution in [2.45, 2.75) is 23.6 Å². The maximum atomic E-state index is 12.0. The van der Waals surface area contributed by atoms with E-state index in [9.17, 15) is 26.4 Å². The van der Waals surface area contributed by atoms with Gasteiger partial charge in [-0.3, -0.25) is 9.59 Å². The lowest BCUT2D eigenvalue weighted by Gasteiger charge is -2.06. The smallest absolute Gasteiger partial charge is 0.264 e. The first-order chi connectivity index (χ1) is 21.5. The molecule has 0 atom stereocenters. The van der Waals surface area contributed by atoms with Crippen molar-refractivity contribution in [3.63, 3.8) is 0 Å². The van der Waals surface area contributed by atoms with E-state index >= 15 is 0 Å². The minimum Gasteiger partial charge on any atom is -0.399 e. The number of nitrogen functional groups attached to an aromatic ring is 2. The van der Waals surface area contributed by atoms with Crippen LogP contribution in [0.1, 0.15) is 11.4 Å². The Morgan fingerprint density at radius 2 is 0.870 bits per heavy atom. The van der Waals surface area contributed by atoms with Gasteiger partial charge in [0.05, 0.1) is 9.79 Å². The van der Waals surface area contributed by atoms with Crippen molar-refractivity contribution in [3.05, 3.63) is 84.4 Å². The van der Waals surface area contributed by atoms with Crippen molar-refractivity contribution < 1.29 is 26.4 Å². The van der Waals surface area contributed by atoms with Crippen LogP contribution in [0.15, 0.2) is 82.8 Å². The summed E-state index contributed by atoms with van der Waals surface area (Å²) in [7, 11) is -0.605. The Morgan fingerprint density at radius 3 is 1.11 bits per heavy atom. The first-order valence-corrected chi connectivity index (χ1v) is 16.0. The Morgan fingerprint density at radius 1 is 0.587 bits per heavy atom. The Kier molecular flexibility index (Phi) is 15.5. The topological polar surface area (TPSA) is 237 Å². The van der Waals surface area contributed by atoms with E-state index in [1.54, 1.807) is 54.2 Å². The molecule has 6 N–H and O–H groups in total. The third kappa shape index (κ3) is 14.9. The van der Waals surface area contributed by atoms with Gasteiger partial charge in [-0.2, -0.15) is 0 Å². The highest BCUT2D eigenvalue weighted by Gasteiger charge is 2.16. The summed E-state index contributed by atoms with van der Waals surface area (Å²) in [6, 6.07) is 15.1. The third-order valence-corrected chi connectivity index (χ3v) is 7.53. The Bertz CT molecular complexity index is 1620. The number of nitrogens with two attached hydrogens (primary N) is 2. The van der Waals surface area contributed by atoms with Crippen LogP contribution < -0.4 is 20.9 Å². The fourth-order valence-corrected chi connectivity index (χ4v) is 4.55. The Hall–Kier alpha value is -5.36. The summed E-state index contributed by atoms with van der Waals surface area (Å²) in [5.74, 6) is 0.0960. The number of sulfonamides is 2. The number of aryl methyl sites for hydroxylation is 2. The molecule has 2 aromatic carbocycles. The highest BCUT2D eigenvalue weighted by atomic mass is 32.2. The molecule has 0 spiro atoms. The zero-order valence-electron chi connectivity index (χ0n) is 26.2. The number of amides is 2. The van der Waals surface area contributed by atoms with Gasteiger partial charge in [-0.1, -0.05) is 0 Å². The summed E-state index contributed by atoms with van der Waals surface area (Å²) in [6.07, 6.45) is 4.48. The van der Waals surface area contributed by atoms with Gasteiger partial charge in [0.15, 0.2) is 0 Å². The number of carbonyl (C=O) groups is 2. The average molecular weight is 675 g/mol. The SMILES string of the molecule is CN(C)C=O.CN(C)C=O.Cc1ccnc(NS(=O)(=O)c2ccc(N)cc2)n1.Cc1ccnc(NS(=O)(=O)c2ccc(N)cc2)n1. The zero-order valence-corrected chi connectivity index (χ0v) is 27.8. The molecule has 18 heteroatoms. The first kappa shape index (κ1) is 38.7. The van der Waals surface area contributed by atoms with Crippen molar-refractivity contribution in [1.82, 2.24) is 29.7 Å². The number of nitrogens with one attached hydrogen (secondary N) is 2. The van der Waals surface area contributed by atoms with E-state index in [4.69, 9.17) is 11.5 Å². The van der Waals surface area contributed by atoms with E-state index in [2.05, 4.69) is 29.4 Å². The number of aromatic nitrogens is 4. The molecule has 46 heavy (non-hydrogen) atoms. The largest absolute Gasteiger partial charge is 0.399 e.